The van der Waals surface area contributed by atoms with Crippen molar-refractivity contribution in [2.75, 3.05) is 18.0 Å². The number of aromatic nitrogens is 3. The summed E-state index contributed by atoms with van der Waals surface area (Å²) in [6.07, 6.45) is 1.85. The smallest absolute Gasteiger partial charge is 0.275 e. The zero-order chi connectivity index (χ0) is 18.0. The van der Waals surface area contributed by atoms with Gasteiger partial charge in [-0.1, -0.05) is 35.1 Å². The van der Waals surface area contributed by atoms with Crippen LogP contribution >= 0.6 is 22.9 Å². The topological polar surface area (TPSA) is 50.5 Å². The second-order valence-corrected chi connectivity index (χ2v) is 6.96. The fourth-order valence-electron chi connectivity index (χ4n) is 2.60. The lowest BCUT2D eigenvalue weighted by molar-refractivity contribution is 0.866. The fraction of sp³-hybridized carbons (Fsp3) is 0.278. The van der Waals surface area contributed by atoms with Crippen molar-refractivity contribution in [1.29, 1.82) is 0 Å². The van der Waals surface area contributed by atoms with Gasteiger partial charge in [-0.2, -0.15) is 9.61 Å². The molecule has 5 nitrogen and oxygen atoms in total. The van der Waals surface area contributed by atoms with Crippen LogP contribution in [-0.4, -0.2) is 27.7 Å². The molecule has 130 valence electrons. The van der Waals surface area contributed by atoms with Crippen LogP contribution in [-0.2, 0) is 0 Å². The van der Waals surface area contributed by atoms with Crippen LogP contribution in [0.5, 0.6) is 0 Å². The highest BCUT2D eigenvalue weighted by Crippen LogP contribution is 2.26. The summed E-state index contributed by atoms with van der Waals surface area (Å²) in [5, 5.41) is 5.34. The maximum absolute atomic E-state index is 12.0. The Bertz CT molecular complexity index is 971. The number of rotatable bonds is 5. The summed E-state index contributed by atoms with van der Waals surface area (Å²) < 4.78 is 1.28. The lowest BCUT2D eigenvalue weighted by Gasteiger charge is -2.20. The number of fused-ring (bicyclic) bond motifs is 1. The maximum atomic E-state index is 12.0. The molecule has 3 rings (SSSR count). The van der Waals surface area contributed by atoms with E-state index in [9.17, 15) is 4.79 Å². The molecule has 0 saturated carbocycles. The molecule has 0 amide bonds. The first-order valence-electron chi connectivity index (χ1n) is 8.12. The van der Waals surface area contributed by atoms with Crippen LogP contribution in [0, 0.1) is 6.92 Å². The average Bonchev–Trinajstić information content (AvgIpc) is 3.02. The van der Waals surface area contributed by atoms with Crippen LogP contribution in [0.25, 0.3) is 16.1 Å². The van der Waals surface area contributed by atoms with E-state index in [4.69, 9.17) is 11.6 Å². The van der Waals surface area contributed by atoms with E-state index in [0.29, 0.717) is 20.7 Å². The Labute approximate surface area is 155 Å². The Morgan fingerprint density at radius 2 is 1.96 bits per heavy atom. The molecule has 0 fully saturated rings. The molecule has 2 aromatic heterocycles. The lowest BCUT2D eigenvalue weighted by Crippen LogP contribution is -2.21. The highest BCUT2D eigenvalue weighted by molar-refractivity contribution is 7.18. The third-order valence-electron chi connectivity index (χ3n) is 3.89. The lowest BCUT2D eigenvalue weighted by atomic mass is 10.2. The molecule has 1 aromatic carbocycles. The molecule has 0 bridgehead atoms. The van der Waals surface area contributed by atoms with Crippen LogP contribution < -0.4 is 10.5 Å². The summed E-state index contributed by atoms with van der Waals surface area (Å²) in [7, 11) is 0. The van der Waals surface area contributed by atoms with E-state index in [0.717, 1.165) is 18.7 Å². The highest BCUT2D eigenvalue weighted by Gasteiger charge is 2.10. The number of halogens is 1. The molecule has 0 aliphatic carbocycles. The standard InChI is InChI=1S/C18H19ClN4OS/c1-4-22(5-2)14-8-6-13(7-9-14)11-15(19)17-21-23-16(24)10-12(3)20-18(23)25-17/h6-11H,4-5H2,1-3H3/b15-11-. The Hall–Kier alpha value is -2.18. The van der Waals surface area contributed by atoms with Crippen molar-refractivity contribution >= 4 is 44.7 Å². The van der Waals surface area contributed by atoms with Gasteiger partial charge in [0.05, 0.1) is 5.03 Å². The summed E-state index contributed by atoms with van der Waals surface area (Å²) in [5.74, 6) is 0. The molecule has 0 unspecified atom stereocenters. The molecule has 7 heteroatoms. The maximum Gasteiger partial charge on any atom is 0.275 e. The number of hydrogen-bond donors (Lipinski definition) is 0. The molecule has 0 spiro atoms. The van der Waals surface area contributed by atoms with Gasteiger partial charge >= 0.3 is 0 Å². The molecule has 0 radical (unpaired) electrons. The first kappa shape index (κ1) is 17.6. The Morgan fingerprint density at radius 3 is 2.60 bits per heavy atom. The van der Waals surface area contributed by atoms with Crippen molar-refractivity contribution in [2.45, 2.75) is 20.8 Å². The summed E-state index contributed by atoms with van der Waals surface area (Å²) >= 11 is 7.72. The zero-order valence-corrected chi connectivity index (χ0v) is 15.9. The van der Waals surface area contributed by atoms with E-state index in [-0.39, 0.29) is 5.56 Å². The van der Waals surface area contributed by atoms with Crippen molar-refractivity contribution in [3.63, 3.8) is 0 Å². The Balaban J connectivity index is 1.91. The Morgan fingerprint density at radius 1 is 1.28 bits per heavy atom. The monoisotopic (exact) mass is 374 g/mol. The van der Waals surface area contributed by atoms with Crippen LogP contribution in [0.1, 0.15) is 30.1 Å². The van der Waals surface area contributed by atoms with Crippen LogP contribution in [0.15, 0.2) is 35.1 Å². The van der Waals surface area contributed by atoms with Gasteiger partial charge in [-0.05, 0) is 44.5 Å². The summed E-state index contributed by atoms with van der Waals surface area (Å²) in [5.41, 5.74) is 2.64. The van der Waals surface area contributed by atoms with Crippen molar-refractivity contribution in [2.24, 2.45) is 0 Å². The minimum Gasteiger partial charge on any atom is -0.372 e. The van der Waals surface area contributed by atoms with Crippen LogP contribution in [0.4, 0.5) is 5.69 Å². The number of nitrogens with zero attached hydrogens (tertiary/aromatic N) is 4. The predicted molar refractivity (Wildman–Crippen MR) is 106 cm³/mol. The average molecular weight is 375 g/mol. The normalized spacial score (nSPS) is 11.9. The second-order valence-electron chi connectivity index (χ2n) is 5.59. The van der Waals surface area contributed by atoms with Crippen molar-refractivity contribution in [3.8, 4) is 0 Å². The van der Waals surface area contributed by atoms with Gasteiger partial charge in [-0.15, -0.1) is 0 Å². The number of anilines is 1. The van der Waals surface area contributed by atoms with Crippen molar-refractivity contribution in [1.82, 2.24) is 14.6 Å². The minimum atomic E-state index is -0.196. The van der Waals surface area contributed by atoms with Crippen molar-refractivity contribution in [3.05, 3.63) is 57.0 Å². The van der Waals surface area contributed by atoms with E-state index in [1.807, 2.05) is 18.2 Å². The summed E-state index contributed by atoms with van der Waals surface area (Å²) in [6, 6.07) is 9.67. The summed E-state index contributed by atoms with van der Waals surface area (Å²) in [6.45, 7) is 8.01. The molecule has 0 aliphatic heterocycles. The van der Waals surface area contributed by atoms with E-state index < -0.39 is 0 Å². The van der Waals surface area contributed by atoms with Crippen LogP contribution in [0.2, 0.25) is 0 Å². The van der Waals surface area contributed by atoms with Gasteiger partial charge in [-0.25, -0.2) is 4.98 Å². The van der Waals surface area contributed by atoms with Gasteiger partial charge in [0, 0.05) is 30.5 Å². The molecule has 25 heavy (non-hydrogen) atoms. The number of aryl methyl sites for hydroxylation is 1. The van der Waals surface area contributed by atoms with Gasteiger partial charge in [0.1, 0.15) is 0 Å². The SMILES string of the molecule is CCN(CC)c1ccc(/C=C(\Cl)c2nn3c(=O)cc(C)nc3s2)cc1. The minimum absolute atomic E-state index is 0.196. The third-order valence-corrected chi connectivity index (χ3v) is 5.23. The van der Waals surface area contributed by atoms with E-state index >= 15 is 0 Å². The number of hydrogen-bond acceptors (Lipinski definition) is 5. The van der Waals surface area contributed by atoms with Gasteiger partial charge < -0.3 is 4.90 Å². The Kier molecular flexibility index (Phi) is 5.20. The van der Waals surface area contributed by atoms with E-state index in [1.165, 1.54) is 27.6 Å². The third kappa shape index (κ3) is 3.75. The van der Waals surface area contributed by atoms with Crippen molar-refractivity contribution < 1.29 is 0 Å². The summed E-state index contributed by atoms with van der Waals surface area (Å²) in [4.78, 5) is 19.1. The molecule has 0 aliphatic rings. The molecule has 0 N–H and O–H groups in total. The molecule has 3 aromatic rings. The van der Waals surface area contributed by atoms with Gasteiger partial charge in [-0.3, -0.25) is 4.79 Å². The van der Waals surface area contributed by atoms with E-state index in [1.54, 1.807) is 6.92 Å². The first-order valence-corrected chi connectivity index (χ1v) is 9.31. The fourth-order valence-corrected chi connectivity index (χ4v) is 3.73. The van der Waals surface area contributed by atoms with E-state index in [2.05, 4.69) is 41.0 Å². The quantitative estimate of drug-likeness (QED) is 0.676. The largest absolute Gasteiger partial charge is 0.372 e. The molecular formula is C18H19ClN4OS. The van der Waals surface area contributed by atoms with Gasteiger partial charge in [0.2, 0.25) is 4.96 Å². The molecule has 2 heterocycles. The van der Waals surface area contributed by atoms with Gasteiger partial charge in [0.25, 0.3) is 5.56 Å². The predicted octanol–water partition coefficient (Wildman–Crippen LogP) is 4.04. The van der Waals surface area contributed by atoms with Gasteiger partial charge in [0.15, 0.2) is 5.01 Å². The molecule has 0 saturated heterocycles. The molecule has 0 atom stereocenters. The second kappa shape index (κ2) is 7.37. The zero-order valence-electron chi connectivity index (χ0n) is 14.4. The molecular weight excluding hydrogens is 356 g/mol. The highest BCUT2D eigenvalue weighted by atomic mass is 35.5. The number of benzene rings is 1. The van der Waals surface area contributed by atoms with Crippen LogP contribution in [0.3, 0.4) is 0 Å². The first-order chi connectivity index (χ1) is 12.0.